The van der Waals surface area contributed by atoms with Crippen LogP contribution in [0.5, 0.6) is 0 Å². The van der Waals surface area contributed by atoms with Crippen molar-refractivity contribution in [3.8, 4) is 11.1 Å². The van der Waals surface area contributed by atoms with E-state index in [2.05, 4.69) is 71.2 Å². The van der Waals surface area contributed by atoms with Crippen molar-refractivity contribution in [3.05, 3.63) is 89.7 Å². The molecule has 0 atom stereocenters. The molecular formula is C31H34N4O2. The number of aromatic nitrogens is 2. The number of benzene rings is 3. The van der Waals surface area contributed by atoms with Crippen LogP contribution in [0.25, 0.3) is 22.0 Å². The molecule has 5 rings (SSSR count). The summed E-state index contributed by atoms with van der Waals surface area (Å²) >= 11 is 0. The van der Waals surface area contributed by atoms with Gasteiger partial charge in [-0.05, 0) is 59.9 Å². The first-order valence-corrected chi connectivity index (χ1v) is 13.0. The Balaban J connectivity index is 1.44. The molecule has 0 N–H and O–H groups in total. The van der Waals surface area contributed by atoms with Crippen molar-refractivity contribution in [2.45, 2.75) is 27.3 Å². The second kappa shape index (κ2) is 11.1. The van der Waals surface area contributed by atoms with Crippen molar-refractivity contribution in [2.75, 3.05) is 37.7 Å². The average Bonchev–Trinajstić information content (AvgIpc) is 2.92. The molecule has 1 fully saturated rings. The zero-order chi connectivity index (χ0) is 25.8. The monoisotopic (exact) mass is 494 g/mol. The summed E-state index contributed by atoms with van der Waals surface area (Å²) in [5.41, 5.74) is 6.15. The summed E-state index contributed by atoms with van der Waals surface area (Å²) in [5.74, 6) is 1.40. The molecule has 1 aliphatic rings. The molecule has 0 saturated carbocycles. The Hall–Kier alpha value is -3.77. The van der Waals surface area contributed by atoms with Gasteiger partial charge in [0.25, 0.3) is 5.91 Å². The first-order valence-electron chi connectivity index (χ1n) is 13.0. The molecule has 6 heteroatoms. The number of hydrogen-bond donors (Lipinski definition) is 0. The molecule has 4 aromatic rings. The molecule has 0 bridgehead atoms. The van der Waals surface area contributed by atoms with E-state index in [9.17, 15) is 4.79 Å². The lowest BCUT2D eigenvalue weighted by atomic mass is 10.0. The summed E-state index contributed by atoms with van der Waals surface area (Å²) in [7, 11) is 0. The van der Waals surface area contributed by atoms with Crippen LogP contribution in [0.1, 0.15) is 35.3 Å². The number of aryl methyl sites for hydroxylation is 1. The van der Waals surface area contributed by atoms with Crippen LogP contribution in [0.15, 0.2) is 73.1 Å². The zero-order valence-electron chi connectivity index (χ0n) is 21.9. The number of morpholine rings is 1. The van der Waals surface area contributed by atoms with E-state index in [-0.39, 0.29) is 5.91 Å². The van der Waals surface area contributed by atoms with Crippen LogP contribution >= 0.6 is 0 Å². The number of fused-ring (bicyclic) bond motifs is 1. The third-order valence-corrected chi connectivity index (χ3v) is 6.73. The number of nitrogens with zero attached hydrogens (tertiary/aromatic N) is 4. The SMILES string of the molecule is Cc1ccc(C(=O)N(Cc2cccc(-c3ccc4ncnc(N5CCOCC5)c4c3)c2)CC(C)C)cc1. The van der Waals surface area contributed by atoms with Crippen molar-refractivity contribution < 1.29 is 9.53 Å². The summed E-state index contributed by atoms with van der Waals surface area (Å²) in [6.07, 6.45) is 1.64. The van der Waals surface area contributed by atoms with Gasteiger partial charge in [-0.15, -0.1) is 0 Å². The summed E-state index contributed by atoms with van der Waals surface area (Å²) in [6, 6.07) is 22.7. The van der Waals surface area contributed by atoms with E-state index >= 15 is 0 Å². The van der Waals surface area contributed by atoms with E-state index in [1.807, 2.05) is 36.1 Å². The quantitative estimate of drug-likeness (QED) is 0.328. The van der Waals surface area contributed by atoms with Crippen LogP contribution < -0.4 is 4.90 Å². The molecule has 1 amide bonds. The lowest BCUT2D eigenvalue weighted by molar-refractivity contribution is 0.0722. The Morgan fingerprint density at radius 2 is 1.73 bits per heavy atom. The van der Waals surface area contributed by atoms with Crippen LogP contribution in [0.3, 0.4) is 0 Å². The predicted molar refractivity (Wildman–Crippen MR) is 149 cm³/mol. The van der Waals surface area contributed by atoms with Crippen molar-refractivity contribution in [3.63, 3.8) is 0 Å². The fraction of sp³-hybridized carbons (Fsp3) is 0.323. The molecule has 1 aliphatic heterocycles. The summed E-state index contributed by atoms with van der Waals surface area (Å²) < 4.78 is 5.53. The van der Waals surface area contributed by atoms with Crippen molar-refractivity contribution >= 4 is 22.6 Å². The van der Waals surface area contributed by atoms with Crippen molar-refractivity contribution in [2.24, 2.45) is 5.92 Å². The molecule has 0 unspecified atom stereocenters. The van der Waals surface area contributed by atoms with Gasteiger partial charge in [0.15, 0.2) is 0 Å². The maximum Gasteiger partial charge on any atom is 0.254 e. The van der Waals surface area contributed by atoms with Gasteiger partial charge < -0.3 is 14.5 Å². The summed E-state index contributed by atoms with van der Waals surface area (Å²) in [4.78, 5) is 26.7. The fourth-order valence-corrected chi connectivity index (χ4v) is 4.86. The predicted octanol–water partition coefficient (Wildman–Crippen LogP) is 5.74. The van der Waals surface area contributed by atoms with Gasteiger partial charge >= 0.3 is 0 Å². The Morgan fingerprint density at radius 3 is 2.49 bits per heavy atom. The number of amides is 1. The van der Waals surface area contributed by atoms with Gasteiger partial charge in [0.2, 0.25) is 0 Å². The average molecular weight is 495 g/mol. The minimum absolute atomic E-state index is 0.0668. The molecule has 1 saturated heterocycles. The molecule has 0 radical (unpaired) electrons. The molecule has 0 spiro atoms. The van der Waals surface area contributed by atoms with Gasteiger partial charge in [0.1, 0.15) is 12.1 Å². The smallest absolute Gasteiger partial charge is 0.254 e. The molecular weight excluding hydrogens is 460 g/mol. The molecule has 3 aromatic carbocycles. The minimum Gasteiger partial charge on any atom is -0.378 e. The van der Waals surface area contributed by atoms with Gasteiger partial charge in [-0.2, -0.15) is 0 Å². The standard InChI is InChI=1S/C31H34N4O2/c1-22(2)19-35(31(36)25-9-7-23(3)8-10-25)20-24-5-4-6-26(17-24)27-11-12-29-28(18-27)30(33-21-32-29)34-13-15-37-16-14-34/h4-12,17-18,21-22H,13-16,19-20H2,1-3H3. The minimum atomic E-state index is 0.0668. The van der Waals surface area contributed by atoms with E-state index < -0.39 is 0 Å². The van der Waals surface area contributed by atoms with E-state index in [4.69, 9.17) is 4.74 Å². The summed E-state index contributed by atoms with van der Waals surface area (Å²) in [5, 5.41) is 1.04. The van der Waals surface area contributed by atoms with E-state index in [1.165, 1.54) is 0 Å². The maximum absolute atomic E-state index is 13.4. The molecule has 190 valence electrons. The number of hydrogen-bond acceptors (Lipinski definition) is 5. The Bertz CT molecular complexity index is 1380. The highest BCUT2D eigenvalue weighted by atomic mass is 16.5. The molecule has 2 heterocycles. The first kappa shape index (κ1) is 24.9. The van der Waals surface area contributed by atoms with Crippen LogP contribution in [-0.2, 0) is 11.3 Å². The number of rotatable bonds is 7. The normalized spacial score (nSPS) is 13.8. The lowest BCUT2D eigenvalue weighted by Gasteiger charge is -2.28. The van der Waals surface area contributed by atoms with Crippen LogP contribution in [0, 0.1) is 12.8 Å². The third kappa shape index (κ3) is 5.81. The zero-order valence-corrected chi connectivity index (χ0v) is 21.9. The highest BCUT2D eigenvalue weighted by Gasteiger charge is 2.19. The van der Waals surface area contributed by atoms with Gasteiger partial charge in [0, 0.05) is 37.1 Å². The van der Waals surface area contributed by atoms with Gasteiger partial charge in [-0.3, -0.25) is 4.79 Å². The Kier molecular flexibility index (Phi) is 7.47. The number of anilines is 1. The Morgan fingerprint density at radius 1 is 0.973 bits per heavy atom. The second-order valence-electron chi connectivity index (χ2n) is 10.2. The van der Waals surface area contributed by atoms with E-state index in [1.54, 1.807) is 6.33 Å². The topological polar surface area (TPSA) is 58.6 Å². The Labute approximate surface area is 218 Å². The largest absolute Gasteiger partial charge is 0.378 e. The van der Waals surface area contributed by atoms with Crippen molar-refractivity contribution in [1.29, 1.82) is 0 Å². The highest BCUT2D eigenvalue weighted by Crippen LogP contribution is 2.30. The third-order valence-electron chi connectivity index (χ3n) is 6.73. The van der Waals surface area contributed by atoms with E-state index in [0.29, 0.717) is 32.2 Å². The number of carbonyl (C=O) groups excluding carboxylic acids is 1. The van der Waals surface area contributed by atoms with Crippen LogP contribution in [0.2, 0.25) is 0 Å². The lowest BCUT2D eigenvalue weighted by Crippen LogP contribution is -2.36. The van der Waals surface area contributed by atoms with Crippen LogP contribution in [0.4, 0.5) is 5.82 Å². The fourth-order valence-electron chi connectivity index (χ4n) is 4.86. The maximum atomic E-state index is 13.4. The highest BCUT2D eigenvalue weighted by molar-refractivity contribution is 5.94. The molecule has 6 nitrogen and oxygen atoms in total. The second-order valence-corrected chi connectivity index (χ2v) is 10.2. The van der Waals surface area contributed by atoms with E-state index in [0.717, 1.165) is 57.6 Å². The first-order chi connectivity index (χ1) is 18.0. The molecule has 1 aromatic heterocycles. The van der Waals surface area contributed by atoms with Gasteiger partial charge in [-0.25, -0.2) is 9.97 Å². The van der Waals surface area contributed by atoms with Gasteiger partial charge in [0.05, 0.1) is 18.7 Å². The molecule has 37 heavy (non-hydrogen) atoms. The van der Waals surface area contributed by atoms with Crippen LogP contribution in [-0.4, -0.2) is 53.6 Å². The summed E-state index contributed by atoms with van der Waals surface area (Å²) in [6.45, 7) is 10.7. The van der Waals surface area contributed by atoms with Crippen molar-refractivity contribution in [1.82, 2.24) is 14.9 Å². The molecule has 0 aliphatic carbocycles. The number of carbonyl (C=O) groups is 1. The number of ether oxygens (including phenoxy) is 1. The van der Waals surface area contributed by atoms with Gasteiger partial charge in [-0.1, -0.05) is 55.8 Å².